The van der Waals surface area contributed by atoms with E-state index in [0.29, 0.717) is 5.69 Å². The molecule has 2 aromatic rings. The van der Waals surface area contributed by atoms with Crippen LogP contribution >= 0.6 is 0 Å². The summed E-state index contributed by atoms with van der Waals surface area (Å²) >= 11 is 0. The van der Waals surface area contributed by atoms with Crippen molar-refractivity contribution in [1.29, 1.82) is 0 Å². The zero-order valence-corrected chi connectivity index (χ0v) is 17.5. The molecule has 2 aromatic carbocycles. The fourth-order valence-electron chi connectivity index (χ4n) is 2.53. The second kappa shape index (κ2) is 9.15. The smallest absolute Gasteiger partial charge is 0.251 e. The molecule has 0 heterocycles. The topological polar surface area (TPSA) is 95.6 Å². The minimum atomic E-state index is -3.65. The molecule has 29 heavy (non-hydrogen) atoms. The van der Waals surface area contributed by atoms with Crippen LogP contribution in [0.3, 0.4) is 0 Å². The highest BCUT2D eigenvalue weighted by atomic mass is 32.2. The van der Waals surface area contributed by atoms with Gasteiger partial charge in [0.05, 0.1) is 4.90 Å². The number of carbonyl (C=O) groups excluding carboxylic acids is 2. The molecule has 9 heteroatoms. The second-order valence-electron chi connectivity index (χ2n) is 7.01. The van der Waals surface area contributed by atoms with Gasteiger partial charge in [-0.25, -0.2) is 17.1 Å². The van der Waals surface area contributed by atoms with Crippen molar-refractivity contribution in [2.24, 2.45) is 5.92 Å². The molecule has 0 aliphatic rings. The molecule has 2 amide bonds. The van der Waals surface area contributed by atoms with Gasteiger partial charge in [-0.15, -0.1) is 0 Å². The van der Waals surface area contributed by atoms with Gasteiger partial charge in [0.15, 0.2) is 0 Å². The van der Waals surface area contributed by atoms with Gasteiger partial charge in [0, 0.05) is 25.3 Å². The van der Waals surface area contributed by atoms with Crippen molar-refractivity contribution in [2.75, 3.05) is 19.4 Å². The average Bonchev–Trinajstić information content (AvgIpc) is 2.66. The van der Waals surface area contributed by atoms with Gasteiger partial charge in [0.25, 0.3) is 5.91 Å². The summed E-state index contributed by atoms with van der Waals surface area (Å²) in [5, 5.41) is 5.28. The molecule has 0 aliphatic carbocycles. The highest BCUT2D eigenvalue weighted by molar-refractivity contribution is 7.89. The number of amides is 2. The van der Waals surface area contributed by atoms with Crippen LogP contribution in [0.5, 0.6) is 0 Å². The van der Waals surface area contributed by atoms with Crippen LogP contribution in [0.4, 0.5) is 10.1 Å². The van der Waals surface area contributed by atoms with E-state index < -0.39 is 33.7 Å². The van der Waals surface area contributed by atoms with Crippen LogP contribution in [0.25, 0.3) is 0 Å². The first kappa shape index (κ1) is 22.5. The van der Waals surface area contributed by atoms with E-state index in [0.717, 1.165) is 16.4 Å². The van der Waals surface area contributed by atoms with E-state index in [1.54, 1.807) is 19.9 Å². The second-order valence-corrected chi connectivity index (χ2v) is 9.16. The average molecular weight is 421 g/mol. The lowest BCUT2D eigenvalue weighted by Gasteiger charge is -2.22. The number of carbonyl (C=O) groups is 2. The molecule has 2 N–H and O–H groups in total. The molecule has 0 aliphatic heterocycles. The number of anilines is 1. The van der Waals surface area contributed by atoms with Gasteiger partial charge < -0.3 is 10.6 Å². The van der Waals surface area contributed by atoms with Crippen LogP contribution in [-0.4, -0.2) is 44.7 Å². The molecule has 0 spiro atoms. The van der Waals surface area contributed by atoms with Crippen LogP contribution in [0.15, 0.2) is 53.4 Å². The van der Waals surface area contributed by atoms with E-state index >= 15 is 0 Å². The van der Waals surface area contributed by atoms with Crippen LogP contribution in [-0.2, 0) is 14.8 Å². The normalized spacial score (nSPS) is 12.7. The molecule has 156 valence electrons. The maximum Gasteiger partial charge on any atom is 0.251 e. The van der Waals surface area contributed by atoms with E-state index in [-0.39, 0.29) is 16.4 Å². The van der Waals surface area contributed by atoms with Crippen molar-refractivity contribution in [3.05, 3.63) is 59.9 Å². The standard InChI is InChI=1S/C20H24FN3O4S/c1-13(2)18(23-19(25)14-8-10-15(21)11-9-14)20(26)22-16-6-5-7-17(12-16)29(27,28)24(3)4/h5-13,18H,1-4H3,(H,22,26)(H,23,25). The molecule has 0 aromatic heterocycles. The van der Waals surface area contributed by atoms with Crippen molar-refractivity contribution in [1.82, 2.24) is 9.62 Å². The van der Waals surface area contributed by atoms with Gasteiger partial charge >= 0.3 is 0 Å². The maximum atomic E-state index is 13.0. The van der Waals surface area contributed by atoms with Gasteiger partial charge in [-0.2, -0.15) is 0 Å². The summed E-state index contributed by atoms with van der Waals surface area (Å²) in [5.41, 5.74) is 0.517. The Balaban J connectivity index is 2.18. The SMILES string of the molecule is CC(C)C(NC(=O)c1ccc(F)cc1)C(=O)Nc1cccc(S(=O)(=O)N(C)C)c1. The lowest BCUT2D eigenvalue weighted by Crippen LogP contribution is -2.47. The molecule has 1 atom stereocenters. The summed E-state index contributed by atoms with van der Waals surface area (Å²) in [4.78, 5) is 25.2. The fourth-order valence-corrected chi connectivity index (χ4v) is 3.47. The Morgan fingerprint density at radius 2 is 1.66 bits per heavy atom. The third kappa shape index (κ3) is 5.61. The molecular weight excluding hydrogens is 397 g/mol. The van der Waals surface area contributed by atoms with E-state index in [4.69, 9.17) is 0 Å². The molecule has 1 unspecified atom stereocenters. The monoisotopic (exact) mass is 421 g/mol. The third-order valence-corrected chi connectivity index (χ3v) is 6.03. The van der Waals surface area contributed by atoms with Crippen LogP contribution in [0.2, 0.25) is 0 Å². The van der Waals surface area contributed by atoms with Crippen molar-refractivity contribution in [3.8, 4) is 0 Å². The Labute approximate surface area is 170 Å². The quantitative estimate of drug-likeness (QED) is 0.718. The summed E-state index contributed by atoms with van der Waals surface area (Å²) in [7, 11) is -0.815. The van der Waals surface area contributed by atoms with Crippen molar-refractivity contribution in [2.45, 2.75) is 24.8 Å². The number of hydrogen-bond donors (Lipinski definition) is 2. The molecule has 0 bridgehead atoms. The van der Waals surface area contributed by atoms with Gasteiger partial charge in [-0.1, -0.05) is 19.9 Å². The zero-order valence-electron chi connectivity index (χ0n) is 16.6. The van der Waals surface area contributed by atoms with Gasteiger partial charge in [-0.3, -0.25) is 9.59 Å². The van der Waals surface area contributed by atoms with E-state index in [9.17, 15) is 22.4 Å². The van der Waals surface area contributed by atoms with Gasteiger partial charge in [-0.05, 0) is 48.4 Å². The highest BCUT2D eigenvalue weighted by Crippen LogP contribution is 2.19. The van der Waals surface area contributed by atoms with Crippen LogP contribution in [0, 0.1) is 11.7 Å². The van der Waals surface area contributed by atoms with Gasteiger partial charge in [0.1, 0.15) is 11.9 Å². The number of halogens is 1. The minimum Gasteiger partial charge on any atom is -0.340 e. The highest BCUT2D eigenvalue weighted by Gasteiger charge is 2.25. The summed E-state index contributed by atoms with van der Waals surface area (Å²) in [6.45, 7) is 3.53. The lowest BCUT2D eigenvalue weighted by molar-refractivity contribution is -0.118. The van der Waals surface area contributed by atoms with Gasteiger partial charge in [0.2, 0.25) is 15.9 Å². The van der Waals surface area contributed by atoms with E-state index in [1.807, 2.05) is 0 Å². The third-order valence-electron chi connectivity index (χ3n) is 4.22. The number of benzene rings is 2. The first-order valence-corrected chi connectivity index (χ1v) is 10.4. The van der Waals surface area contributed by atoms with E-state index in [1.165, 1.54) is 44.4 Å². The first-order chi connectivity index (χ1) is 13.5. The molecule has 0 saturated heterocycles. The first-order valence-electron chi connectivity index (χ1n) is 8.92. The zero-order chi connectivity index (χ0) is 21.8. The summed E-state index contributed by atoms with van der Waals surface area (Å²) in [6, 6.07) is 9.98. The summed E-state index contributed by atoms with van der Waals surface area (Å²) in [6.07, 6.45) is 0. The predicted molar refractivity (Wildman–Crippen MR) is 108 cm³/mol. The number of hydrogen-bond acceptors (Lipinski definition) is 4. The molecule has 2 rings (SSSR count). The van der Waals surface area contributed by atoms with Crippen molar-refractivity contribution >= 4 is 27.5 Å². The summed E-state index contributed by atoms with van der Waals surface area (Å²) in [5.74, 6) is -1.71. The molecule has 0 fully saturated rings. The Bertz CT molecular complexity index is 989. The number of sulfonamides is 1. The molecular formula is C20H24FN3O4S. The minimum absolute atomic E-state index is 0.0387. The molecule has 7 nitrogen and oxygen atoms in total. The van der Waals surface area contributed by atoms with Crippen molar-refractivity contribution in [3.63, 3.8) is 0 Å². The largest absolute Gasteiger partial charge is 0.340 e. The molecule has 0 radical (unpaired) electrons. The Kier molecular flexibility index (Phi) is 7.10. The number of nitrogens with zero attached hydrogens (tertiary/aromatic N) is 1. The van der Waals surface area contributed by atoms with Crippen molar-refractivity contribution < 1.29 is 22.4 Å². The number of rotatable bonds is 7. The van der Waals surface area contributed by atoms with Crippen LogP contribution < -0.4 is 10.6 Å². The fraction of sp³-hybridized carbons (Fsp3) is 0.300. The number of nitrogens with one attached hydrogen (secondary N) is 2. The maximum absolute atomic E-state index is 13.0. The summed E-state index contributed by atoms with van der Waals surface area (Å²) < 4.78 is 38.6. The lowest BCUT2D eigenvalue weighted by atomic mass is 10.0. The van der Waals surface area contributed by atoms with Crippen LogP contribution in [0.1, 0.15) is 24.2 Å². The molecule has 0 saturated carbocycles. The Morgan fingerprint density at radius 1 is 1.03 bits per heavy atom. The van der Waals surface area contributed by atoms with E-state index in [2.05, 4.69) is 10.6 Å². The predicted octanol–water partition coefficient (Wildman–Crippen LogP) is 2.47. The Morgan fingerprint density at radius 3 is 2.21 bits per heavy atom. The Hall–Kier alpha value is -2.78.